The molecule has 0 aliphatic heterocycles. The normalized spacial score (nSPS) is 13.9. The average Bonchev–Trinajstić information content (AvgIpc) is 2.41. The zero-order valence-corrected chi connectivity index (χ0v) is 7.96. The Kier molecular flexibility index (Phi) is 2.31. The van der Waals surface area contributed by atoms with Crippen LogP contribution in [0.2, 0.25) is 0 Å². The average molecular weight is 170 g/mol. The molecule has 0 nitrogen and oxygen atoms in total. The SMILES string of the molecule is CCc1ccc2c(c1)C=CC=CC2. The van der Waals surface area contributed by atoms with Gasteiger partial charge >= 0.3 is 0 Å². The van der Waals surface area contributed by atoms with E-state index in [4.69, 9.17) is 0 Å². The first-order chi connectivity index (χ1) is 6.40. The lowest BCUT2D eigenvalue weighted by molar-refractivity contribution is 1.12. The standard InChI is InChI=1S/C13H14/c1-2-11-8-9-12-6-4-3-5-7-13(12)10-11/h3-5,7-10H,2,6H2,1H3. The van der Waals surface area contributed by atoms with E-state index < -0.39 is 0 Å². The molecule has 0 aromatic heterocycles. The van der Waals surface area contributed by atoms with Crippen molar-refractivity contribution in [1.29, 1.82) is 0 Å². The predicted octanol–water partition coefficient (Wildman–Crippen LogP) is 3.37. The molecule has 0 heterocycles. The molecule has 1 aliphatic carbocycles. The number of fused-ring (bicyclic) bond motifs is 1. The molecule has 66 valence electrons. The third-order valence-electron chi connectivity index (χ3n) is 2.48. The van der Waals surface area contributed by atoms with Crippen LogP contribution in [0.5, 0.6) is 0 Å². The molecule has 0 radical (unpaired) electrons. The molecule has 2 rings (SSSR count). The Labute approximate surface area is 79.6 Å². The largest absolute Gasteiger partial charge is 0.0801 e. The van der Waals surface area contributed by atoms with Crippen molar-refractivity contribution in [2.75, 3.05) is 0 Å². The van der Waals surface area contributed by atoms with Crippen molar-refractivity contribution in [2.24, 2.45) is 0 Å². The maximum Gasteiger partial charge on any atom is -0.00884 e. The highest BCUT2D eigenvalue weighted by Crippen LogP contribution is 2.17. The minimum atomic E-state index is 1.06. The summed E-state index contributed by atoms with van der Waals surface area (Å²) < 4.78 is 0. The molecule has 0 unspecified atom stereocenters. The highest BCUT2D eigenvalue weighted by Gasteiger charge is 2.00. The zero-order chi connectivity index (χ0) is 9.10. The monoisotopic (exact) mass is 170 g/mol. The van der Waals surface area contributed by atoms with Crippen LogP contribution in [0.4, 0.5) is 0 Å². The van der Waals surface area contributed by atoms with Crippen molar-refractivity contribution in [1.82, 2.24) is 0 Å². The molecular weight excluding hydrogens is 156 g/mol. The van der Waals surface area contributed by atoms with Crippen molar-refractivity contribution < 1.29 is 0 Å². The van der Waals surface area contributed by atoms with E-state index in [1.165, 1.54) is 16.7 Å². The summed E-state index contributed by atoms with van der Waals surface area (Å²) in [6, 6.07) is 6.76. The maximum atomic E-state index is 2.29. The minimum Gasteiger partial charge on any atom is -0.0801 e. The lowest BCUT2D eigenvalue weighted by Crippen LogP contribution is -1.88. The van der Waals surface area contributed by atoms with Gasteiger partial charge < -0.3 is 0 Å². The van der Waals surface area contributed by atoms with Crippen LogP contribution in [0.3, 0.4) is 0 Å². The van der Waals surface area contributed by atoms with Crippen LogP contribution in [-0.2, 0) is 12.8 Å². The minimum absolute atomic E-state index is 1.06. The second-order valence-electron chi connectivity index (χ2n) is 3.38. The number of hydrogen-bond donors (Lipinski definition) is 0. The van der Waals surface area contributed by atoms with Crippen LogP contribution in [0.1, 0.15) is 23.6 Å². The molecule has 0 heteroatoms. The molecule has 0 saturated heterocycles. The molecular formula is C13H14. The Morgan fingerprint density at radius 2 is 2.15 bits per heavy atom. The smallest absolute Gasteiger partial charge is 0.00884 e. The van der Waals surface area contributed by atoms with Crippen LogP contribution >= 0.6 is 0 Å². The summed E-state index contributed by atoms with van der Waals surface area (Å²) in [6.45, 7) is 2.19. The highest BCUT2D eigenvalue weighted by molar-refractivity contribution is 5.58. The van der Waals surface area contributed by atoms with E-state index in [9.17, 15) is 0 Å². The number of hydrogen-bond acceptors (Lipinski definition) is 0. The lowest BCUT2D eigenvalue weighted by atomic mass is 10.0. The van der Waals surface area contributed by atoms with Crippen molar-refractivity contribution >= 4 is 6.08 Å². The summed E-state index contributed by atoms with van der Waals surface area (Å²) in [5, 5.41) is 0. The number of aryl methyl sites for hydroxylation is 1. The fourth-order valence-corrected chi connectivity index (χ4v) is 1.64. The van der Waals surface area contributed by atoms with Gasteiger partial charge in [0.2, 0.25) is 0 Å². The van der Waals surface area contributed by atoms with Crippen LogP contribution in [0, 0.1) is 0 Å². The molecule has 1 aromatic carbocycles. The van der Waals surface area contributed by atoms with E-state index in [0.29, 0.717) is 0 Å². The second-order valence-corrected chi connectivity index (χ2v) is 3.38. The first-order valence-electron chi connectivity index (χ1n) is 4.85. The van der Waals surface area contributed by atoms with Gasteiger partial charge in [-0.1, -0.05) is 49.4 Å². The fourth-order valence-electron chi connectivity index (χ4n) is 1.64. The molecule has 13 heavy (non-hydrogen) atoms. The molecule has 0 spiro atoms. The second kappa shape index (κ2) is 3.61. The Morgan fingerprint density at radius 3 is 3.00 bits per heavy atom. The van der Waals surface area contributed by atoms with Gasteiger partial charge in [-0.3, -0.25) is 0 Å². The summed E-state index contributed by atoms with van der Waals surface area (Å²) in [5.41, 5.74) is 4.23. The van der Waals surface area contributed by atoms with E-state index >= 15 is 0 Å². The summed E-state index contributed by atoms with van der Waals surface area (Å²) in [5.74, 6) is 0. The summed E-state index contributed by atoms with van der Waals surface area (Å²) in [6.07, 6.45) is 10.8. The molecule has 0 bridgehead atoms. The number of rotatable bonds is 1. The van der Waals surface area contributed by atoms with E-state index in [-0.39, 0.29) is 0 Å². The van der Waals surface area contributed by atoms with Gasteiger partial charge in [0.15, 0.2) is 0 Å². The molecule has 0 N–H and O–H groups in total. The number of allylic oxidation sites excluding steroid dienone is 3. The summed E-state index contributed by atoms with van der Waals surface area (Å²) in [7, 11) is 0. The first kappa shape index (κ1) is 8.31. The van der Waals surface area contributed by atoms with Gasteiger partial charge in [-0.25, -0.2) is 0 Å². The van der Waals surface area contributed by atoms with Gasteiger partial charge in [-0.15, -0.1) is 0 Å². The maximum absolute atomic E-state index is 2.29. The Hall–Kier alpha value is -1.30. The first-order valence-corrected chi connectivity index (χ1v) is 4.85. The Morgan fingerprint density at radius 1 is 1.23 bits per heavy atom. The third kappa shape index (κ3) is 1.72. The van der Waals surface area contributed by atoms with E-state index in [1.807, 2.05) is 0 Å². The van der Waals surface area contributed by atoms with Crippen LogP contribution in [0.25, 0.3) is 6.08 Å². The molecule has 1 aliphatic rings. The van der Waals surface area contributed by atoms with Crippen molar-refractivity contribution in [3.63, 3.8) is 0 Å². The third-order valence-corrected chi connectivity index (χ3v) is 2.48. The summed E-state index contributed by atoms with van der Waals surface area (Å²) in [4.78, 5) is 0. The molecule has 0 saturated carbocycles. The predicted molar refractivity (Wildman–Crippen MR) is 57.7 cm³/mol. The van der Waals surface area contributed by atoms with Gasteiger partial charge in [0.05, 0.1) is 0 Å². The van der Waals surface area contributed by atoms with Gasteiger partial charge in [-0.2, -0.15) is 0 Å². The van der Waals surface area contributed by atoms with E-state index in [1.54, 1.807) is 0 Å². The van der Waals surface area contributed by atoms with Gasteiger partial charge in [0.25, 0.3) is 0 Å². The van der Waals surface area contributed by atoms with Crippen molar-refractivity contribution in [3.05, 3.63) is 53.1 Å². The topological polar surface area (TPSA) is 0 Å². The quantitative estimate of drug-likeness (QED) is 0.606. The highest BCUT2D eigenvalue weighted by atomic mass is 14.1. The van der Waals surface area contributed by atoms with Crippen LogP contribution in [-0.4, -0.2) is 0 Å². The molecule has 0 fully saturated rings. The van der Waals surface area contributed by atoms with E-state index in [2.05, 4.69) is 49.4 Å². The molecule has 0 atom stereocenters. The zero-order valence-electron chi connectivity index (χ0n) is 7.96. The fraction of sp³-hybridized carbons (Fsp3) is 0.231. The Bertz CT molecular complexity index is 356. The van der Waals surface area contributed by atoms with Crippen molar-refractivity contribution in [2.45, 2.75) is 19.8 Å². The molecule has 0 amide bonds. The summed E-state index contributed by atoms with van der Waals surface area (Å²) >= 11 is 0. The van der Waals surface area contributed by atoms with Crippen LogP contribution < -0.4 is 0 Å². The van der Waals surface area contributed by atoms with Gasteiger partial charge in [0.1, 0.15) is 0 Å². The molecule has 1 aromatic rings. The van der Waals surface area contributed by atoms with Gasteiger partial charge in [0, 0.05) is 0 Å². The Balaban J connectivity index is 2.45. The number of benzene rings is 1. The van der Waals surface area contributed by atoms with Gasteiger partial charge in [-0.05, 0) is 29.5 Å². The van der Waals surface area contributed by atoms with E-state index in [0.717, 1.165) is 12.8 Å². The lowest BCUT2D eigenvalue weighted by Gasteiger charge is -2.04. The van der Waals surface area contributed by atoms with Crippen molar-refractivity contribution in [3.8, 4) is 0 Å². The van der Waals surface area contributed by atoms with Crippen LogP contribution in [0.15, 0.2) is 36.4 Å².